The van der Waals surface area contributed by atoms with Crippen LogP contribution in [0.15, 0.2) is 53.6 Å². The van der Waals surface area contributed by atoms with Crippen molar-refractivity contribution in [1.82, 2.24) is 5.43 Å². The van der Waals surface area contributed by atoms with Gasteiger partial charge in [0.15, 0.2) is 6.61 Å². The van der Waals surface area contributed by atoms with E-state index < -0.39 is 0 Å². The Kier molecular flexibility index (Phi) is 6.83. The van der Waals surface area contributed by atoms with Gasteiger partial charge in [0.05, 0.1) is 12.8 Å². The Labute approximate surface area is 142 Å². The molecule has 0 aliphatic heterocycles. The first-order valence-electron chi connectivity index (χ1n) is 7.92. The lowest BCUT2D eigenvalue weighted by Crippen LogP contribution is -2.24. The van der Waals surface area contributed by atoms with Gasteiger partial charge >= 0.3 is 0 Å². The standard InChI is InChI=1S/C19H22N2O3/c1-3-12-23-17-10-8-16(9-11-17)13-20-21-19(22)14-24-18-7-5-4-6-15(18)2/h4-11,13H,3,12,14H2,1-2H3,(H,21,22)/b20-13-. The zero-order valence-electron chi connectivity index (χ0n) is 14.0. The molecule has 126 valence electrons. The van der Waals surface area contributed by atoms with Crippen LogP contribution in [0.1, 0.15) is 24.5 Å². The first-order valence-corrected chi connectivity index (χ1v) is 7.92. The number of aryl methyl sites for hydroxylation is 1. The highest BCUT2D eigenvalue weighted by molar-refractivity contribution is 5.83. The molecule has 2 rings (SSSR count). The highest BCUT2D eigenvalue weighted by Gasteiger charge is 2.03. The molecule has 1 amide bonds. The van der Waals surface area contributed by atoms with Gasteiger partial charge in [0.1, 0.15) is 11.5 Å². The third-order valence-electron chi connectivity index (χ3n) is 3.21. The summed E-state index contributed by atoms with van der Waals surface area (Å²) in [6.07, 6.45) is 2.55. The summed E-state index contributed by atoms with van der Waals surface area (Å²) in [4.78, 5) is 11.7. The number of benzene rings is 2. The number of carbonyl (C=O) groups is 1. The van der Waals surface area contributed by atoms with Crippen LogP contribution in [-0.4, -0.2) is 25.3 Å². The molecule has 0 aliphatic carbocycles. The first-order chi connectivity index (χ1) is 11.7. The van der Waals surface area contributed by atoms with Gasteiger partial charge in [0.25, 0.3) is 5.91 Å². The minimum atomic E-state index is -0.308. The van der Waals surface area contributed by atoms with E-state index in [1.807, 2.05) is 55.5 Å². The molecule has 5 heteroatoms. The van der Waals surface area contributed by atoms with Gasteiger partial charge in [0, 0.05) is 0 Å². The smallest absolute Gasteiger partial charge is 0.277 e. The second-order valence-electron chi connectivity index (χ2n) is 5.26. The number of nitrogens with zero attached hydrogens (tertiary/aromatic N) is 1. The van der Waals surface area contributed by atoms with Crippen molar-refractivity contribution in [2.75, 3.05) is 13.2 Å². The molecule has 0 bridgehead atoms. The van der Waals surface area contributed by atoms with Gasteiger partial charge in [-0.05, 0) is 54.8 Å². The fourth-order valence-corrected chi connectivity index (χ4v) is 1.94. The van der Waals surface area contributed by atoms with Crippen molar-refractivity contribution < 1.29 is 14.3 Å². The van der Waals surface area contributed by atoms with E-state index in [1.165, 1.54) is 0 Å². The molecule has 0 aliphatic rings. The predicted molar refractivity (Wildman–Crippen MR) is 94.6 cm³/mol. The first kappa shape index (κ1) is 17.5. The van der Waals surface area contributed by atoms with E-state index in [2.05, 4.69) is 17.5 Å². The molecule has 24 heavy (non-hydrogen) atoms. The average molecular weight is 326 g/mol. The van der Waals surface area contributed by atoms with Gasteiger partial charge in [-0.1, -0.05) is 25.1 Å². The summed E-state index contributed by atoms with van der Waals surface area (Å²) in [7, 11) is 0. The molecule has 0 unspecified atom stereocenters. The van der Waals surface area contributed by atoms with Gasteiger partial charge in [-0.2, -0.15) is 5.10 Å². The zero-order valence-corrected chi connectivity index (χ0v) is 14.0. The Hall–Kier alpha value is -2.82. The second-order valence-corrected chi connectivity index (χ2v) is 5.26. The van der Waals surface area contributed by atoms with Crippen LogP contribution in [0.5, 0.6) is 11.5 Å². The minimum absolute atomic E-state index is 0.0774. The van der Waals surface area contributed by atoms with Crippen molar-refractivity contribution in [1.29, 1.82) is 0 Å². The van der Waals surface area contributed by atoms with E-state index in [-0.39, 0.29) is 12.5 Å². The molecule has 5 nitrogen and oxygen atoms in total. The average Bonchev–Trinajstić information content (AvgIpc) is 2.60. The molecule has 0 radical (unpaired) electrons. The fourth-order valence-electron chi connectivity index (χ4n) is 1.94. The monoisotopic (exact) mass is 326 g/mol. The van der Waals surface area contributed by atoms with Crippen LogP contribution in [-0.2, 0) is 4.79 Å². The van der Waals surface area contributed by atoms with Crippen LogP contribution in [0, 0.1) is 6.92 Å². The fraction of sp³-hybridized carbons (Fsp3) is 0.263. The lowest BCUT2D eigenvalue weighted by Gasteiger charge is -2.07. The van der Waals surface area contributed by atoms with Crippen molar-refractivity contribution >= 4 is 12.1 Å². The Morgan fingerprint density at radius 1 is 1.12 bits per heavy atom. The van der Waals surface area contributed by atoms with E-state index in [4.69, 9.17) is 9.47 Å². The number of hydrogen-bond donors (Lipinski definition) is 1. The van der Waals surface area contributed by atoms with Crippen LogP contribution < -0.4 is 14.9 Å². The molecule has 0 atom stereocenters. The molecule has 1 N–H and O–H groups in total. The third kappa shape index (κ3) is 5.76. The normalized spacial score (nSPS) is 10.6. The number of ether oxygens (including phenoxy) is 2. The summed E-state index contributed by atoms with van der Waals surface area (Å²) >= 11 is 0. The molecule has 0 aromatic heterocycles. The van der Waals surface area contributed by atoms with E-state index in [1.54, 1.807) is 6.21 Å². The van der Waals surface area contributed by atoms with Gasteiger partial charge in [0.2, 0.25) is 0 Å². The number of carbonyl (C=O) groups excluding carboxylic acids is 1. The van der Waals surface area contributed by atoms with E-state index in [0.717, 1.165) is 23.3 Å². The number of amides is 1. The largest absolute Gasteiger partial charge is 0.494 e. The Morgan fingerprint density at radius 2 is 1.88 bits per heavy atom. The second kappa shape index (κ2) is 9.35. The SMILES string of the molecule is CCCOc1ccc(/C=N\NC(=O)COc2ccccc2C)cc1. The summed E-state index contributed by atoms with van der Waals surface area (Å²) in [6, 6.07) is 15.1. The van der Waals surface area contributed by atoms with Crippen LogP contribution >= 0.6 is 0 Å². The maximum absolute atomic E-state index is 11.7. The summed E-state index contributed by atoms with van der Waals surface area (Å²) in [5.74, 6) is 1.21. The van der Waals surface area contributed by atoms with Crippen LogP contribution in [0.2, 0.25) is 0 Å². The van der Waals surface area contributed by atoms with Crippen LogP contribution in [0.4, 0.5) is 0 Å². The van der Waals surface area contributed by atoms with E-state index in [0.29, 0.717) is 12.4 Å². The molecule has 0 spiro atoms. The summed E-state index contributed by atoms with van der Waals surface area (Å²) in [5, 5.41) is 3.92. The van der Waals surface area contributed by atoms with Crippen LogP contribution in [0.3, 0.4) is 0 Å². The minimum Gasteiger partial charge on any atom is -0.494 e. The van der Waals surface area contributed by atoms with Gasteiger partial charge in [-0.3, -0.25) is 4.79 Å². The maximum Gasteiger partial charge on any atom is 0.277 e. The third-order valence-corrected chi connectivity index (χ3v) is 3.21. The molecular formula is C19H22N2O3. The Balaban J connectivity index is 1.76. The highest BCUT2D eigenvalue weighted by atomic mass is 16.5. The number of nitrogens with one attached hydrogen (secondary N) is 1. The molecule has 2 aromatic rings. The van der Waals surface area contributed by atoms with Crippen molar-refractivity contribution in [2.45, 2.75) is 20.3 Å². The van der Waals surface area contributed by atoms with Crippen molar-refractivity contribution in [3.8, 4) is 11.5 Å². The molecular weight excluding hydrogens is 304 g/mol. The number of hydrazone groups is 1. The molecule has 0 saturated heterocycles. The van der Waals surface area contributed by atoms with E-state index in [9.17, 15) is 4.79 Å². The topological polar surface area (TPSA) is 59.9 Å². The van der Waals surface area contributed by atoms with Gasteiger partial charge in [-0.25, -0.2) is 5.43 Å². The zero-order chi connectivity index (χ0) is 17.2. The molecule has 0 heterocycles. The number of hydrogen-bond acceptors (Lipinski definition) is 4. The lowest BCUT2D eigenvalue weighted by molar-refractivity contribution is -0.123. The van der Waals surface area contributed by atoms with Crippen molar-refractivity contribution in [2.24, 2.45) is 5.10 Å². The summed E-state index contributed by atoms with van der Waals surface area (Å²) in [5.41, 5.74) is 4.30. The van der Waals surface area contributed by atoms with Crippen molar-refractivity contribution in [3.63, 3.8) is 0 Å². The Morgan fingerprint density at radius 3 is 2.58 bits per heavy atom. The Bertz CT molecular complexity index is 681. The predicted octanol–water partition coefficient (Wildman–Crippen LogP) is 3.31. The van der Waals surface area contributed by atoms with Gasteiger partial charge in [-0.15, -0.1) is 0 Å². The lowest BCUT2D eigenvalue weighted by atomic mass is 10.2. The van der Waals surface area contributed by atoms with Crippen LogP contribution in [0.25, 0.3) is 0 Å². The molecule has 2 aromatic carbocycles. The quantitative estimate of drug-likeness (QED) is 0.598. The van der Waals surface area contributed by atoms with Gasteiger partial charge < -0.3 is 9.47 Å². The maximum atomic E-state index is 11.7. The van der Waals surface area contributed by atoms with E-state index >= 15 is 0 Å². The summed E-state index contributed by atoms with van der Waals surface area (Å²) in [6.45, 7) is 4.61. The molecule has 0 fully saturated rings. The molecule has 0 saturated carbocycles. The number of para-hydroxylation sites is 1. The van der Waals surface area contributed by atoms with Crippen molar-refractivity contribution in [3.05, 3.63) is 59.7 Å². The highest BCUT2D eigenvalue weighted by Crippen LogP contribution is 2.15. The number of rotatable bonds is 8. The summed E-state index contributed by atoms with van der Waals surface area (Å²) < 4.78 is 11.0.